The third-order valence-electron chi connectivity index (χ3n) is 9.36. The predicted molar refractivity (Wildman–Crippen MR) is 191 cm³/mol. The highest BCUT2D eigenvalue weighted by Gasteiger charge is 2.22. The van der Waals surface area contributed by atoms with Crippen LogP contribution in [0.15, 0.2) is 73.3 Å². The fourth-order valence-corrected chi connectivity index (χ4v) is 7.04. The average Bonchev–Trinajstić information content (AvgIpc) is 3.67. The molecule has 5 heteroatoms. The van der Waals surface area contributed by atoms with Gasteiger partial charge in [-0.1, -0.05) is 71.0 Å². The normalized spacial score (nSPS) is 12.8. The second kappa shape index (κ2) is 13.7. The molecule has 0 aliphatic heterocycles. The number of hydrogen-bond donors (Lipinski definition) is 0. The summed E-state index contributed by atoms with van der Waals surface area (Å²) in [7, 11) is 0. The minimum Gasteiger partial charge on any atom is -0.328 e. The van der Waals surface area contributed by atoms with Gasteiger partial charge < -0.3 is 4.57 Å². The van der Waals surface area contributed by atoms with Crippen LogP contribution in [0, 0.1) is 22.6 Å². The van der Waals surface area contributed by atoms with Crippen molar-refractivity contribution in [1.29, 1.82) is 5.26 Å². The molecule has 0 atom stereocenters. The van der Waals surface area contributed by atoms with Crippen molar-refractivity contribution >= 4 is 16.6 Å². The van der Waals surface area contributed by atoms with Gasteiger partial charge in [-0.2, -0.15) is 5.26 Å². The number of halogens is 1. The number of rotatable bonds is 11. The molecule has 0 saturated heterocycles. The first-order valence-electron chi connectivity index (χ1n) is 17.1. The molecule has 0 amide bonds. The van der Waals surface area contributed by atoms with E-state index in [1.807, 2.05) is 12.1 Å². The van der Waals surface area contributed by atoms with Crippen LogP contribution in [0.5, 0.6) is 0 Å². The Morgan fingerprint density at radius 2 is 1.77 bits per heavy atom. The van der Waals surface area contributed by atoms with E-state index >= 15 is 0 Å². The van der Waals surface area contributed by atoms with E-state index in [4.69, 9.17) is 15.2 Å². The van der Waals surface area contributed by atoms with Crippen molar-refractivity contribution in [1.82, 2.24) is 14.5 Å². The molecule has 0 N–H and O–H groups in total. The smallest absolute Gasteiger partial charge is 0.127 e. The Bertz CT molecular complexity index is 1990. The van der Waals surface area contributed by atoms with Crippen LogP contribution in [0.25, 0.3) is 27.9 Å². The van der Waals surface area contributed by atoms with Crippen molar-refractivity contribution in [2.45, 2.75) is 92.0 Å². The van der Waals surface area contributed by atoms with E-state index in [9.17, 15) is 4.39 Å². The van der Waals surface area contributed by atoms with Crippen molar-refractivity contribution < 1.29 is 4.39 Å². The van der Waals surface area contributed by atoms with Crippen molar-refractivity contribution in [3.63, 3.8) is 0 Å². The molecule has 0 fully saturated rings. The van der Waals surface area contributed by atoms with Crippen molar-refractivity contribution in [2.75, 3.05) is 0 Å². The molecule has 47 heavy (non-hydrogen) atoms. The molecule has 0 unspecified atom stereocenters. The lowest BCUT2D eigenvalue weighted by Gasteiger charge is -2.20. The first-order valence-corrected chi connectivity index (χ1v) is 17.1. The van der Waals surface area contributed by atoms with Gasteiger partial charge in [0.1, 0.15) is 11.6 Å². The predicted octanol–water partition coefficient (Wildman–Crippen LogP) is 10.2. The minimum absolute atomic E-state index is 0.189. The molecular formula is C42H45FN4. The molecule has 4 nitrogen and oxygen atoms in total. The molecule has 240 valence electrons. The molecule has 2 aromatic heterocycles. The molecular weight excluding hydrogens is 579 g/mol. The Morgan fingerprint density at radius 3 is 2.53 bits per heavy atom. The molecule has 2 heterocycles. The fraction of sp³-hybridized carbons (Fsp3) is 0.357. The van der Waals surface area contributed by atoms with Gasteiger partial charge in [-0.15, -0.1) is 0 Å². The number of benzene rings is 3. The standard InChI is InChI=1S/C42H45FN4/c1-6-7-22-47-40-24-31(28(2)26-42(3,4)5)18-21-39(40)46-41(47)25-32-17-20-36(35-12-9-11-34(32)35)38-13-8-10-33(45-38)19-16-30-15-14-29(27-44)23-37(30)43/h8,10,13-15,17-18,20-21,23-24H,2,6-7,9,11-12,16,19,22,25-26H2,1,3-5H3. The average molecular weight is 625 g/mol. The van der Waals surface area contributed by atoms with Gasteiger partial charge in [0.15, 0.2) is 0 Å². The molecule has 0 bridgehead atoms. The van der Waals surface area contributed by atoms with Gasteiger partial charge in [0, 0.05) is 24.2 Å². The van der Waals surface area contributed by atoms with Gasteiger partial charge >= 0.3 is 0 Å². The number of hydrogen-bond acceptors (Lipinski definition) is 3. The number of pyridine rings is 1. The van der Waals surface area contributed by atoms with Crippen molar-refractivity contribution in [3.05, 3.63) is 124 Å². The number of nitriles is 1. The van der Waals surface area contributed by atoms with E-state index in [2.05, 4.69) is 81.3 Å². The Kier molecular flexibility index (Phi) is 9.41. The molecule has 1 aliphatic carbocycles. The second-order valence-electron chi connectivity index (χ2n) is 14.3. The fourth-order valence-electron chi connectivity index (χ4n) is 7.04. The zero-order chi connectivity index (χ0) is 33.1. The first-order chi connectivity index (χ1) is 22.6. The number of allylic oxidation sites excluding steroid dienone is 1. The van der Waals surface area contributed by atoms with E-state index in [0.717, 1.165) is 74.2 Å². The molecule has 1 aliphatic rings. The SMILES string of the molecule is C=C(CC(C)(C)C)c1ccc2nc(Cc3ccc(-c4cccc(CCc5ccc(C#N)cc5F)n4)c4c3CCC4)n(CCCC)c2c1. The summed E-state index contributed by atoms with van der Waals surface area (Å²) in [6.07, 6.45) is 8.45. The Balaban J connectivity index is 1.28. The monoisotopic (exact) mass is 624 g/mol. The maximum Gasteiger partial charge on any atom is 0.127 e. The van der Waals surface area contributed by atoms with E-state index in [0.29, 0.717) is 24.0 Å². The maximum atomic E-state index is 14.5. The zero-order valence-corrected chi connectivity index (χ0v) is 28.3. The van der Waals surface area contributed by atoms with Crippen LogP contribution >= 0.6 is 0 Å². The Labute approximate surface area is 279 Å². The lowest BCUT2D eigenvalue weighted by Crippen LogP contribution is -2.07. The summed E-state index contributed by atoms with van der Waals surface area (Å²) in [4.78, 5) is 10.2. The van der Waals surface area contributed by atoms with E-state index in [1.165, 1.54) is 45.0 Å². The third kappa shape index (κ3) is 7.23. The van der Waals surface area contributed by atoms with E-state index in [-0.39, 0.29) is 11.2 Å². The number of aromatic nitrogens is 3. The summed E-state index contributed by atoms with van der Waals surface area (Å²) in [5.74, 6) is 0.798. The highest BCUT2D eigenvalue weighted by Crippen LogP contribution is 2.36. The number of imidazole rings is 1. The van der Waals surface area contributed by atoms with Gasteiger partial charge in [-0.05, 0) is 120 Å². The van der Waals surface area contributed by atoms with Crippen molar-refractivity contribution in [3.8, 4) is 17.3 Å². The summed E-state index contributed by atoms with van der Waals surface area (Å²) < 4.78 is 16.9. The number of nitrogens with zero attached hydrogens (tertiary/aromatic N) is 4. The Morgan fingerprint density at radius 1 is 0.957 bits per heavy atom. The zero-order valence-electron chi connectivity index (χ0n) is 28.3. The number of fused-ring (bicyclic) bond motifs is 2. The summed E-state index contributed by atoms with van der Waals surface area (Å²) in [6, 6.07) is 24.1. The lowest BCUT2D eigenvalue weighted by molar-refractivity contribution is 0.427. The van der Waals surface area contributed by atoms with E-state index < -0.39 is 0 Å². The van der Waals surface area contributed by atoms with E-state index in [1.54, 1.807) is 12.1 Å². The first kappa shape index (κ1) is 32.4. The van der Waals surface area contributed by atoms with Crippen LogP contribution in [-0.2, 0) is 38.6 Å². The summed E-state index contributed by atoms with van der Waals surface area (Å²) in [5, 5.41) is 9.05. The summed E-state index contributed by atoms with van der Waals surface area (Å²) in [6.45, 7) is 14.4. The number of unbranched alkanes of at least 4 members (excludes halogenated alkanes) is 1. The van der Waals surface area contributed by atoms with Crippen LogP contribution in [0.1, 0.15) is 98.3 Å². The molecule has 0 spiro atoms. The lowest BCUT2D eigenvalue weighted by atomic mass is 9.86. The molecule has 0 radical (unpaired) electrons. The largest absolute Gasteiger partial charge is 0.328 e. The molecule has 3 aromatic carbocycles. The van der Waals surface area contributed by atoms with Gasteiger partial charge in [-0.25, -0.2) is 9.37 Å². The van der Waals surface area contributed by atoms with Crippen LogP contribution in [0.3, 0.4) is 0 Å². The van der Waals surface area contributed by atoms with Crippen LogP contribution in [-0.4, -0.2) is 14.5 Å². The quantitative estimate of drug-likeness (QED) is 0.147. The highest BCUT2D eigenvalue weighted by atomic mass is 19.1. The van der Waals surface area contributed by atoms with Gasteiger partial charge in [-0.3, -0.25) is 4.98 Å². The summed E-state index contributed by atoms with van der Waals surface area (Å²) >= 11 is 0. The van der Waals surface area contributed by atoms with Gasteiger partial charge in [0.05, 0.1) is 28.4 Å². The van der Waals surface area contributed by atoms with Crippen LogP contribution in [0.2, 0.25) is 0 Å². The minimum atomic E-state index is -0.330. The Hall–Kier alpha value is -4.56. The van der Waals surface area contributed by atoms with Crippen molar-refractivity contribution in [2.24, 2.45) is 5.41 Å². The maximum absolute atomic E-state index is 14.5. The third-order valence-corrected chi connectivity index (χ3v) is 9.36. The second-order valence-corrected chi connectivity index (χ2v) is 14.3. The molecule has 6 rings (SSSR count). The van der Waals surface area contributed by atoms with Crippen LogP contribution in [0.4, 0.5) is 4.39 Å². The van der Waals surface area contributed by atoms with Crippen LogP contribution < -0.4 is 0 Å². The van der Waals surface area contributed by atoms with Gasteiger partial charge in [0.2, 0.25) is 0 Å². The highest BCUT2D eigenvalue weighted by molar-refractivity contribution is 5.81. The molecule has 5 aromatic rings. The molecule has 0 saturated carbocycles. The topological polar surface area (TPSA) is 54.5 Å². The van der Waals surface area contributed by atoms with Gasteiger partial charge in [0.25, 0.3) is 0 Å². The number of aryl methyl sites for hydroxylation is 3. The summed E-state index contributed by atoms with van der Waals surface area (Å²) in [5.41, 5.74) is 13.1.